The first-order chi connectivity index (χ1) is 13.9. The predicted molar refractivity (Wildman–Crippen MR) is 107 cm³/mol. The number of nitrogens with zero attached hydrogens (tertiary/aromatic N) is 3. The Bertz CT molecular complexity index is 1310. The van der Waals surface area contributed by atoms with Crippen molar-refractivity contribution in [3.8, 4) is 11.1 Å². The summed E-state index contributed by atoms with van der Waals surface area (Å²) in [6, 6.07) is 8.72. The molecule has 4 aromatic rings. The predicted octanol–water partition coefficient (Wildman–Crippen LogP) is 2.04. The number of nitrogens with two attached hydrogens (primary N) is 1. The van der Waals surface area contributed by atoms with Crippen molar-refractivity contribution in [3.05, 3.63) is 70.7 Å². The molecule has 2 N–H and O–H groups in total. The highest BCUT2D eigenvalue weighted by molar-refractivity contribution is 5.87. The maximum atomic E-state index is 13.7. The van der Waals surface area contributed by atoms with Gasteiger partial charge in [-0.05, 0) is 36.4 Å². The van der Waals surface area contributed by atoms with Crippen molar-refractivity contribution < 1.29 is 13.9 Å². The maximum Gasteiger partial charge on any atom is 0.323 e. The van der Waals surface area contributed by atoms with Crippen LogP contribution in [0.3, 0.4) is 0 Å². The molecular weight excluding hydrogens is 375 g/mol. The highest BCUT2D eigenvalue weighted by Gasteiger charge is 2.19. The second kappa shape index (κ2) is 7.14. The van der Waals surface area contributed by atoms with Crippen LogP contribution in [0.2, 0.25) is 0 Å². The fourth-order valence-corrected chi connectivity index (χ4v) is 3.55. The number of hydrogen-bond acceptors (Lipinski definition) is 5. The van der Waals surface area contributed by atoms with Crippen molar-refractivity contribution in [3.63, 3.8) is 0 Å². The van der Waals surface area contributed by atoms with Gasteiger partial charge in [-0.2, -0.15) is 0 Å². The van der Waals surface area contributed by atoms with E-state index in [1.807, 2.05) is 0 Å². The van der Waals surface area contributed by atoms with Crippen LogP contribution in [-0.4, -0.2) is 33.1 Å². The lowest BCUT2D eigenvalue weighted by atomic mass is 10.0. The first-order valence-corrected chi connectivity index (χ1v) is 8.98. The Hall–Kier alpha value is -3.52. The number of carbonyl (C=O) groups excluding carboxylic acids is 1. The van der Waals surface area contributed by atoms with E-state index in [0.717, 1.165) is 5.69 Å². The Balaban J connectivity index is 1.89. The molecule has 3 heterocycles. The van der Waals surface area contributed by atoms with Gasteiger partial charge in [-0.3, -0.25) is 9.59 Å². The van der Waals surface area contributed by atoms with E-state index in [4.69, 9.17) is 5.73 Å². The van der Waals surface area contributed by atoms with Crippen LogP contribution < -0.4 is 11.3 Å². The summed E-state index contributed by atoms with van der Waals surface area (Å²) in [4.78, 5) is 29.0. The fraction of sp³-hybridized carbons (Fsp3) is 0.190. The van der Waals surface area contributed by atoms with Crippen molar-refractivity contribution in [2.75, 3.05) is 7.11 Å². The Morgan fingerprint density at radius 2 is 2.03 bits per heavy atom. The Labute approximate surface area is 165 Å². The molecule has 1 aromatic carbocycles. The lowest BCUT2D eigenvalue weighted by molar-refractivity contribution is -0.142. The third-order valence-electron chi connectivity index (χ3n) is 5.04. The minimum absolute atomic E-state index is 0.215. The van der Waals surface area contributed by atoms with Gasteiger partial charge in [0.05, 0.1) is 18.2 Å². The molecule has 0 saturated heterocycles. The number of benzene rings is 1. The zero-order valence-corrected chi connectivity index (χ0v) is 15.9. The monoisotopic (exact) mass is 394 g/mol. The van der Waals surface area contributed by atoms with Gasteiger partial charge < -0.3 is 19.4 Å². The molecule has 1 atom stereocenters. The molecule has 0 radical (unpaired) electrons. The second-order valence-corrected chi connectivity index (χ2v) is 6.82. The Kier molecular flexibility index (Phi) is 4.63. The normalized spacial score (nSPS) is 12.4. The number of aryl methyl sites for hydroxylation is 1. The fourth-order valence-electron chi connectivity index (χ4n) is 3.55. The van der Waals surface area contributed by atoms with Gasteiger partial charge in [-0.15, -0.1) is 0 Å². The number of esters is 1. The first-order valence-electron chi connectivity index (χ1n) is 8.98. The number of aromatic nitrogens is 3. The molecule has 0 amide bonds. The minimum atomic E-state index is -0.812. The molecule has 8 heteroatoms. The van der Waals surface area contributed by atoms with Gasteiger partial charge in [-0.25, -0.2) is 9.37 Å². The quantitative estimate of drug-likeness (QED) is 0.535. The highest BCUT2D eigenvalue weighted by Crippen LogP contribution is 2.26. The Morgan fingerprint density at radius 1 is 1.24 bits per heavy atom. The van der Waals surface area contributed by atoms with Crippen LogP contribution in [0, 0.1) is 5.82 Å². The van der Waals surface area contributed by atoms with Crippen molar-refractivity contribution >= 4 is 22.5 Å². The van der Waals surface area contributed by atoms with Gasteiger partial charge in [0.25, 0.3) is 5.56 Å². The number of rotatable bonds is 4. The standard InChI is InChI=1S/C21H19FN4O3/c1-25-18-6-3-13(22)9-12(18)10-16(20(25)27)15-5-4-14(11-17(23)21(28)29-2)26-8-7-24-19(15)26/h3-10,17H,11,23H2,1-2H3/t17-/m0/s1. The van der Waals surface area contributed by atoms with Gasteiger partial charge in [0, 0.05) is 42.5 Å². The number of imidazole rings is 1. The molecule has 0 aliphatic rings. The van der Waals surface area contributed by atoms with Crippen LogP contribution >= 0.6 is 0 Å². The third kappa shape index (κ3) is 3.17. The van der Waals surface area contributed by atoms with Gasteiger partial charge in [0.15, 0.2) is 0 Å². The SMILES string of the molecule is COC(=O)[C@@H](N)Cc1ccc(-c2cc3cc(F)ccc3n(C)c2=O)c2nccn12. The third-order valence-corrected chi connectivity index (χ3v) is 5.04. The second-order valence-electron chi connectivity index (χ2n) is 6.82. The lowest BCUT2D eigenvalue weighted by Gasteiger charge is -2.14. The van der Waals surface area contributed by atoms with E-state index < -0.39 is 12.0 Å². The molecule has 3 aromatic heterocycles. The molecule has 0 saturated carbocycles. The van der Waals surface area contributed by atoms with Crippen LogP contribution in [0.1, 0.15) is 5.69 Å². The molecule has 0 bridgehead atoms. The van der Waals surface area contributed by atoms with Gasteiger partial charge in [0.2, 0.25) is 0 Å². The summed E-state index contributed by atoms with van der Waals surface area (Å²) in [6.07, 6.45) is 3.60. The molecule has 0 fully saturated rings. The minimum Gasteiger partial charge on any atom is -0.468 e. The summed E-state index contributed by atoms with van der Waals surface area (Å²) in [6.45, 7) is 0. The van der Waals surface area contributed by atoms with Gasteiger partial charge >= 0.3 is 5.97 Å². The largest absolute Gasteiger partial charge is 0.468 e. The molecular formula is C21H19FN4O3. The summed E-state index contributed by atoms with van der Waals surface area (Å²) < 4.78 is 21.7. The molecule has 0 unspecified atom stereocenters. The molecule has 0 spiro atoms. The van der Waals surface area contributed by atoms with E-state index in [-0.39, 0.29) is 17.8 Å². The van der Waals surface area contributed by atoms with E-state index in [1.165, 1.54) is 23.8 Å². The number of methoxy groups -OCH3 is 1. The molecule has 4 rings (SSSR count). The number of halogens is 1. The summed E-state index contributed by atoms with van der Waals surface area (Å²) in [7, 11) is 2.94. The summed E-state index contributed by atoms with van der Waals surface area (Å²) >= 11 is 0. The smallest absolute Gasteiger partial charge is 0.323 e. The summed E-state index contributed by atoms with van der Waals surface area (Å²) in [5.41, 5.74) is 8.63. The van der Waals surface area contributed by atoms with Gasteiger partial charge in [-0.1, -0.05) is 0 Å². The van der Waals surface area contributed by atoms with Crippen LogP contribution in [0.15, 0.2) is 53.6 Å². The topological polar surface area (TPSA) is 91.6 Å². The molecule has 0 aliphatic carbocycles. The van der Waals surface area contributed by atoms with Gasteiger partial charge in [0.1, 0.15) is 17.5 Å². The lowest BCUT2D eigenvalue weighted by Crippen LogP contribution is -2.34. The van der Waals surface area contributed by atoms with Crippen molar-refractivity contribution in [1.29, 1.82) is 0 Å². The summed E-state index contributed by atoms with van der Waals surface area (Å²) in [5, 5.41) is 0.614. The number of ether oxygens (including phenoxy) is 1. The zero-order valence-electron chi connectivity index (χ0n) is 15.9. The number of fused-ring (bicyclic) bond motifs is 2. The molecule has 148 valence electrons. The van der Waals surface area contributed by atoms with Crippen LogP contribution in [0.4, 0.5) is 4.39 Å². The zero-order chi connectivity index (χ0) is 20.7. The average molecular weight is 394 g/mol. The molecule has 0 aliphatic heterocycles. The van der Waals surface area contributed by atoms with Crippen molar-refractivity contribution in [2.24, 2.45) is 12.8 Å². The van der Waals surface area contributed by atoms with E-state index in [9.17, 15) is 14.0 Å². The number of carbonyl (C=O) groups is 1. The highest BCUT2D eigenvalue weighted by atomic mass is 19.1. The van der Waals surface area contributed by atoms with E-state index in [1.54, 1.807) is 48.1 Å². The Morgan fingerprint density at radius 3 is 2.79 bits per heavy atom. The van der Waals surface area contributed by atoms with Crippen LogP contribution in [-0.2, 0) is 23.0 Å². The number of hydrogen-bond donors (Lipinski definition) is 1. The molecule has 29 heavy (non-hydrogen) atoms. The average Bonchev–Trinajstić information content (AvgIpc) is 3.20. The molecule has 7 nitrogen and oxygen atoms in total. The maximum absolute atomic E-state index is 13.7. The van der Waals surface area contributed by atoms with Crippen molar-refractivity contribution in [2.45, 2.75) is 12.5 Å². The summed E-state index contributed by atoms with van der Waals surface area (Å²) in [5.74, 6) is -0.882. The van der Waals surface area contributed by atoms with E-state index in [2.05, 4.69) is 9.72 Å². The first kappa shape index (κ1) is 18.8. The van der Waals surface area contributed by atoms with Crippen LogP contribution in [0.25, 0.3) is 27.7 Å². The van der Waals surface area contributed by atoms with Crippen molar-refractivity contribution in [1.82, 2.24) is 14.0 Å². The van der Waals surface area contributed by atoms with E-state index in [0.29, 0.717) is 27.7 Å². The van der Waals surface area contributed by atoms with Crippen LogP contribution in [0.5, 0.6) is 0 Å². The number of pyridine rings is 2. The van der Waals surface area contributed by atoms with E-state index >= 15 is 0 Å².